The van der Waals surface area contributed by atoms with Crippen molar-refractivity contribution in [1.82, 2.24) is 0 Å². The Kier molecular flexibility index (Phi) is 6.83. The van der Waals surface area contributed by atoms with Gasteiger partial charge in [-0.25, -0.2) is 9.59 Å². The zero-order valence-corrected chi connectivity index (χ0v) is 21.0. The maximum atomic E-state index is 10.6. The van der Waals surface area contributed by atoms with Crippen molar-refractivity contribution in [1.29, 1.82) is 0 Å². The molecule has 5 fully saturated rings. The molecule has 0 amide bonds. The number of nitrogens with two attached hydrogens (primary N) is 1. The third-order valence-electron chi connectivity index (χ3n) is 10.2. The SMILES string of the molecule is C[C@]12CC[C@H]3[C@@H](CC[C@@]45O[C@]4(C)/C(=N/OCCN)CC[C@]35C)[C@@H]1CC[C@@H]2O.O=C(O)/C=C/C(=O)O. The van der Waals surface area contributed by atoms with E-state index in [0.717, 1.165) is 37.3 Å². The number of aliphatic hydroxyl groups excluding tert-OH is 1. The average molecular weight is 493 g/mol. The first-order valence-electron chi connectivity index (χ1n) is 12.9. The average Bonchev–Trinajstić information content (AvgIpc) is 3.33. The summed E-state index contributed by atoms with van der Waals surface area (Å²) in [5.41, 5.74) is 6.67. The summed E-state index contributed by atoms with van der Waals surface area (Å²) in [5.74, 6) is -0.368. The van der Waals surface area contributed by atoms with Crippen LogP contribution in [0.2, 0.25) is 0 Å². The van der Waals surface area contributed by atoms with Crippen LogP contribution in [0, 0.1) is 28.6 Å². The van der Waals surface area contributed by atoms with Gasteiger partial charge in [0.25, 0.3) is 0 Å². The molecule has 1 spiro atoms. The fourth-order valence-electron chi connectivity index (χ4n) is 8.43. The molecule has 0 aromatic carbocycles. The molecule has 0 bridgehead atoms. The first-order valence-corrected chi connectivity index (χ1v) is 12.9. The Labute approximate surface area is 206 Å². The normalized spacial score (nSPS) is 46.5. The fraction of sp³-hybridized carbons (Fsp3) is 0.808. The molecule has 5 N–H and O–H groups in total. The predicted octanol–water partition coefficient (Wildman–Crippen LogP) is 2.95. The molecular formula is C26H40N2O7. The minimum Gasteiger partial charge on any atom is -0.478 e. The number of fused-ring (bicyclic) bond motifs is 4. The lowest BCUT2D eigenvalue weighted by Gasteiger charge is -2.59. The molecule has 9 nitrogen and oxygen atoms in total. The standard InChI is InChI=1S/C22H36N2O3.C4H4O4/c1-19-9-7-16-14(15(19)4-5-18(19)25)6-11-22-20(16,2)10-8-17(21(22,3)27-22)24-26-13-12-23;5-3(6)1-2-4(7)8/h14-16,18,25H,4-13,23H2,1-3H3;1-2H,(H,5,6)(H,7,8)/b24-17+;2-1+/t14-,15-,16-,18-,19-,20+,21+,22-;/m0./s1. The molecule has 8 atom stereocenters. The Bertz CT molecular complexity index is 905. The van der Waals surface area contributed by atoms with E-state index in [0.29, 0.717) is 37.1 Å². The van der Waals surface area contributed by atoms with Gasteiger partial charge < -0.3 is 30.6 Å². The van der Waals surface area contributed by atoms with Gasteiger partial charge >= 0.3 is 11.9 Å². The Morgan fingerprint density at radius 1 is 1.06 bits per heavy atom. The molecule has 1 aliphatic heterocycles. The van der Waals surface area contributed by atoms with Crippen LogP contribution in [-0.4, -0.2) is 63.4 Å². The van der Waals surface area contributed by atoms with Gasteiger partial charge in [-0.15, -0.1) is 0 Å². The van der Waals surface area contributed by atoms with Crippen molar-refractivity contribution in [3.05, 3.63) is 12.2 Å². The first kappa shape index (κ1) is 26.1. The zero-order chi connectivity index (χ0) is 25.6. The maximum absolute atomic E-state index is 10.6. The molecule has 0 aromatic rings. The van der Waals surface area contributed by atoms with Crippen molar-refractivity contribution in [3.8, 4) is 0 Å². The molecule has 4 aliphatic carbocycles. The Hall–Kier alpha value is -1.97. The van der Waals surface area contributed by atoms with E-state index in [2.05, 4.69) is 25.9 Å². The molecule has 4 saturated carbocycles. The van der Waals surface area contributed by atoms with Crippen LogP contribution in [0.5, 0.6) is 0 Å². The minimum absolute atomic E-state index is 0.0602. The summed E-state index contributed by atoms with van der Waals surface area (Å²) in [6.07, 6.45) is 10.1. The molecular weight excluding hydrogens is 452 g/mol. The first-order chi connectivity index (χ1) is 16.4. The van der Waals surface area contributed by atoms with E-state index in [-0.39, 0.29) is 28.1 Å². The van der Waals surface area contributed by atoms with Gasteiger partial charge in [0, 0.05) is 24.1 Å². The van der Waals surface area contributed by atoms with Gasteiger partial charge in [-0.2, -0.15) is 0 Å². The molecule has 1 heterocycles. The summed E-state index contributed by atoms with van der Waals surface area (Å²) in [7, 11) is 0. The second-order valence-electron chi connectivity index (χ2n) is 11.6. The number of hydrogen-bond acceptors (Lipinski definition) is 7. The molecule has 9 heteroatoms. The van der Waals surface area contributed by atoms with E-state index in [1.807, 2.05) is 0 Å². The van der Waals surface area contributed by atoms with E-state index in [1.165, 1.54) is 25.7 Å². The van der Waals surface area contributed by atoms with Crippen molar-refractivity contribution >= 4 is 17.7 Å². The van der Waals surface area contributed by atoms with Crippen molar-refractivity contribution < 1.29 is 34.5 Å². The summed E-state index contributed by atoms with van der Waals surface area (Å²) >= 11 is 0. The third kappa shape index (κ3) is 4.00. The number of rotatable bonds is 5. The lowest BCUT2D eigenvalue weighted by Crippen LogP contribution is -2.60. The number of aliphatic hydroxyl groups is 1. The van der Waals surface area contributed by atoms with Gasteiger partial charge in [0.2, 0.25) is 0 Å². The van der Waals surface area contributed by atoms with Crippen LogP contribution in [0.3, 0.4) is 0 Å². The summed E-state index contributed by atoms with van der Waals surface area (Å²) in [4.78, 5) is 24.5. The highest BCUT2D eigenvalue weighted by molar-refractivity contribution is 5.97. The Morgan fingerprint density at radius 2 is 1.74 bits per heavy atom. The highest BCUT2D eigenvalue weighted by atomic mass is 16.7. The second kappa shape index (κ2) is 9.16. The number of oxime groups is 1. The lowest BCUT2D eigenvalue weighted by atomic mass is 9.43. The number of nitrogens with zero attached hydrogens (tertiary/aromatic N) is 1. The largest absolute Gasteiger partial charge is 0.478 e. The molecule has 1 saturated heterocycles. The van der Waals surface area contributed by atoms with Gasteiger partial charge in [-0.05, 0) is 81.5 Å². The minimum atomic E-state index is -1.26. The number of ether oxygens (including phenoxy) is 1. The van der Waals surface area contributed by atoms with Crippen LogP contribution in [0.4, 0.5) is 0 Å². The Balaban J connectivity index is 0.000000314. The Morgan fingerprint density at radius 3 is 2.37 bits per heavy atom. The number of carboxylic acid groups (broad SMARTS) is 2. The van der Waals surface area contributed by atoms with Crippen LogP contribution in [-0.2, 0) is 19.2 Å². The van der Waals surface area contributed by atoms with Gasteiger partial charge in [0.15, 0.2) is 0 Å². The molecule has 0 aromatic heterocycles. The van der Waals surface area contributed by atoms with Crippen molar-refractivity contribution in [2.45, 2.75) is 89.4 Å². The molecule has 5 rings (SSSR count). The van der Waals surface area contributed by atoms with E-state index >= 15 is 0 Å². The molecule has 0 unspecified atom stereocenters. The number of hydrogen-bond donors (Lipinski definition) is 4. The van der Waals surface area contributed by atoms with Crippen molar-refractivity contribution in [3.63, 3.8) is 0 Å². The van der Waals surface area contributed by atoms with Crippen LogP contribution < -0.4 is 5.73 Å². The van der Waals surface area contributed by atoms with E-state index < -0.39 is 11.9 Å². The number of carboxylic acids is 2. The van der Waals surface area contributed by atoms with Gasteiger partial charge in [-0.3, -0.25) is 0 Å². The van der Waals surface area contributed by atoms with Crippen LogP contribution in [0.25, 0.3) is 0 Å². The van der Waals surface area contributed by atoms with Crippen molar-refractivity contribution in [2.24, 2.45) is 39.5 Å². The highest BCUT2D eigenvalue weighted by Gasteiger charge is 2.82. The van der Waals surface area contributed by atoms with Crippen LogP contribution >= 0.6 is 0 Å². The molecule has 0 radical (unpaired) electrons. The molecule has 35 heavy (non-hydrogen) atoms. The van der Waals surface area contributed by atoms with E-state index in [9.17, 15) is 14.7 Å². The van der Waals surface area contributed by atoms with Gasteiger partial charge in [-0.1, -0.05) is 19.0 Å². The number of carbonyl (C=O) groups is 2. The quantitative estimate of drug-likeness (QED) is 0.198. The molecule has 196 valence electrons. The van der Waals surface area contributed by atoms with Crippen LogP contribution in [0.15, 0.2) is 17.3 Å². The topological polar surface area (TPSA) is 155 Å². The second-order valence-corrected chi connectivity index (χ2v) is 11.6. The van der Waals surface area contributed by atoms with Gasteiger partial charge in [0.05, 0.1) is 11.8 Å². The number of aliphatic carboxylic acids is 2. The third-order valence-corrected chi connectivity index (χ3v) is 10.2. The summed E-state index contributed by atoms with van der Waals surface area (Å²) in [5, 5.41) is 30.7. The summed E-state index contributed by atoms with van der Waals surface area (Å²) in [6.45, 7) is 8.06. The van der Waals surface area contributed by atoms with Crippen molar-refractivity contribution in [2.75, 3.05) is 13.2 Å². The van der Waals surface area contributed by atoms with Gasteiger partial charge in [0.1, 0.15) is 17.8 Å². The zero-order valence-electron chi connectivity index (χ0n) is 21.0. The number of epoxide rings is 1. The maximum Gasteiger partial charge on any atom is 0.328 e. The smallest absolute Gasteiger partial charge is 0.328 e. The highest BCUT2D eigenvalue weighted by Crippen LogP contribution is 2.75. The summed E-state index contributed by atoms with van der Waals surface area (Å²) < 4.78 is 6.62. The van der Waals surface area contributed by atoms with E-state index in [1.54, 1.807) is 0 Å². The predicted molar refractivity (Wildman–Crippen MR) is 129 cm³/mol. The molecule has 5 aliphatic rings. The van der Waals surface area contributed by atoms with E-state index in [4.69, 9.17) is 25.5 Å². The lowest BCUT2D eigenvalue weighted by molar-refractivity contribution is -0.134. The summed E-state index contributed by atoms with van der Waals surface area (Å²) in [6, 6.07) is 0. The fourth-order valence-corrected chi connectivity index (χ4v) is 8.43. The monoisotopic (exact) mass is 492 g/mol. The van der Waals surface area contributed by atoms with Crippen LogP contribution in [0.1, 0.15) is 72.1 Å².